The van der Waals surface area contributed by atoms with Gasteiger partial charge in [0.15, 0.2) is 0 Å². The lowest BCUT2D eigenvalue weighted by Gasteiger charge is -2.26. The number of amides is 2. The number of hydrogen-bond donors (Lipinski definition) is 2. The first-order valence-corrected chi connectivity index (χ1v) is 7.94. The van der Waals surface area contributed by atoms with E-state index in [2.05, 4.69) is 10.6 Å². The molecular weight excluding hydrogens is 284 g/mol. The smallest absolute Gasteiger partial charge is 0.328 e. The lowest BCUT2D eigenvalue weighted by Crippen LogP contribution is -2.55. The van der Waals surface area contributed by atoms with Gasteiger partial charge < -0.3 is 15.4 Å². The van der Waals surface area contributed by atoms with Crippen molar-refractivity contribution in [1.82, 2.24) is 10.6 Å². The zero-order chi connectivity index (χ0) is 17.3. The molecule has 0 bridgehead atoms. The Kier molecular flexibility index (Phi) is 9.45. The van der Waals surface area contributed by atoms with Crippen molar-refractivity contribution < 1.29 is 19.1 Å². The molecule has 0 aromatic rings. The Morgan fingerprint density at radius 1 is 0.955 bits per heavy atom. The Morgan fingerprint density at radius 3 is 1.91 bits per heavy atom. The maximum absolute atomic E-state index is 12.3. The van der Waals surface area contributed by atoms with Crippen LogP contribution in [0.25, 0.3) is 0 Å². The summed E-state index contributed by atoms with van der Waals surface area (Å²) in [4.78, 5) is 35.6. The van der Waals surface area contributed by atoms with E-state index in [1.807, 2.05) is 34.6 Å². The predicted molar refractivity (Wildman–Crippen MR) is 85.1 cm³/mol. The summed E-state index contributed by atoms with van der Waals surface area (Å²) in [5, 5.41) is 5.31. The molecular formula is C16H30N2O4. The second-order valence-corrected chi connectivity index (χ2v) is 6.17. The van der Waals surface area contributed by atoms with Gasteiger partial charge in [-0.3, -0.25) is 9.59 Å². The normalized spacial score (nSPS) is 13.6. The van der Waals surface area contributed by atoms with E-state index < -0.39 is 18.1 Å². The van der Waals surface area contributed by atoms with Gasteiger partial charge >= 0.3 is 5.97 Å². The molecule has 128 valence electrons. The van der Waals surface area contributed by atoms with Gasteiger partial charge in [-0.05, 0) is 18.3 Å². The summed E-state index contributed by atoms with van der Waals surface area (Å²) in [7, 11) is 0. The average Bonchev–Trinajstić information content (AvgIpc) is 2.41. The maximum Gasteiger partial charge on any atom is 0.328 e. The second kappa shape index (κ2) is 10.2. The van der Waals surface area contributed by atoms with Crippen molar-refractivity contribution in [3.63, 3.8) is 0 Å². The van der Waals surface area contributed by atoms with E-state index in [1.165, 1.54) is 6.92 Å². The molecule has 0 saturated heterocycles. The molecule has 2 amide bonds. The molecule has 6 heteroatoms. The van der Waals surface area contributed by atoms with Crippen LogP contribution in [0.2, 0.25) is 0 Å². The van der Waals surface area contributed by atoms with Crippen molar-refractivity contribution in [2.75, 3.05) is 6.61 Å². The summed E-state index contributed by atoms with van der Waals surface area (Å²) in [5.41, 5.74) is 0. The zero-order valence-electron chi connectivity index (χ0n) is 14.6. The van der Waals surface area contributed by atoms with Crippen molar-refractivity contribution in [3.05, 3.63) is 0 Å². The van der Waals surface area contributed by atoms with Crippen LogP contribution in [0.15, 0.2) is 0 Å². The van der Waals surface area contributed by atoms with Crippen LogP contribution >= 0.6 is 0 Å². The largest absolute Gasteiger partial charge is 0.464 e. The van der Waals surface area contributed by atoms with E-state index in [-0.39, 0.29) is 23.7 Å². The first-order chi connectivity index (χ1) is 10.2. The first-order valence-electron chi connectivity index (χ1n) is 7.94. The van der Waals surface area contributed by atoms with E-state index in [1.54, 1.807) is 0 Å². The molecule has 0 heterocycles. The third-order valence-corrected chi connectivity index (χ3v) is 3.27. The van der Waals surface area contributed by atoms with Gasteiger partial charge in [-0.25, -0.2) is 4.79 Å². The van der Waals surface area contributed by atoms with Gasteiger partial charge in [0.1, 0.15) is 12.1 Å². The number of esters is 1. The standard InChI is InChI=1S/C16H30N2O4/c1-7-8-9-22-16(21)14(11(4)5)18-15(20)13(10(2)3)17-12(6)19/h10-11,13-14H,7-9H2,1-6H3,(H,17,19)(H,18,20). The van der Waals surface area contributed by atoms with Crippen LogP contribution < -0.4 is 10.6 Å². The molecule has 0 spiro atoms. The molecule has 22 heavy (non-hydrogen) atoms. The molecule has 0 saturated carbocycles. The van der Waals surface area contributed by atoms with Crippen LogP contribution in [-0.2, 0) is 19.1 Å². The average molecular weight is 314 g/mol. The molecule has 0 aromatic carbocycles. The number of hydrogen-bond acceptors (Lipinski definition) is 4. The molecule has 6 nitrogen and oxygen atoms in total. The molecule has 0 aliphatic carbocycles. The lowest BCUT2D eigenvalue weighted by molar-refractivity contribution is -0.149. The fraction of sp³-hybridized carbons (Fsp3) is 0.812. The Morgan fingerprint density at radius 2 is 1.50 bits per heavy atom. The summed E-state index contributed by atoms with van der Waals surface area (Å²) in [6, 6.07) is -1.37. The maximum atomic E-state index is 12.3. The Hall–Kier alpha value is -1.59. The van der Waals surface area contributed by atoms with Crippen LogP contribution in [-0.4, -0.2) is 36.5 Å². The summed E-state index contributed by atoms with van der Waals surface area (Å²) >= 11 is 0. The van der Waals surface area contributed by atoms with Crippen molar-refractivity contribution in [3.8, 4) is 0 Å². The molecule has 0 aromatic heterocycles. The van der Waals surface area contributed by atoms with Gasteiger partial charge in [-0.15, -0.1) is 0 Å². The zero-order valence-corrected chi connectivity index (χ0v) is 14.6. The molecule has 0 rings (SSSR count). The minimum Gasteiger partial charge on any atom is -0.464 e. The number of rotatable bonds is 9. The first kappa shape index (κ1) is 20.4. The summed E-state index contributed by atoms with van der Waals surface area (Å²) in [6.07, 6.45) is 1.73. The quantitative estimate of drug-likeness (QED) is 0.500. The number of carbonyl (C=O) groups excluding carboxylic acids is 3. The SMILES string of the molecule is CCCCOC(=O)C(NC(=O)C(NC(C)=O)C(C)C)C(C)C. The van der Waals surface area contributed by atoms with Crippen LogP contribution in [0.3, 0.4) is 0 Å². The van der Waals surface area contributed by atoms with Crippen molar-refractivity contribution in [2.45, 2.75) is 66.5 Å². The minimum absolute atomic E-state index is 0.0761. The molecule has 2 N–H and O–H groups in total. The fourth-order valence-corrected chi connectivity index (χ4v) is 1.90. The van der Waals surface area contributed by atoms with Crippen LogP contribution in [0.4, 0.5) is 0 Å². The van der Waals surface area contributed by atoms with Gasteiger partial charge in [0.25, 0.3) is 0 Å². The molecule has 0 radical (unpaired) electrons. The van der Waals surface area contributed by atoms with Crippen LogP contribution in [0, 0.1) is 11.8 Å². The molecule has 2 atom stereocenters. The van der Waals surface area contributed by atoms with Crippen LogP contribution in [0.5, 0.6) is 0 Å². The number of carbonyl (C=O) groups is 3. The highest BCUT2D eigenvalue weighted by atomic mass is 16.5. The van der Waals surface area contributed by atoms with Gasteiger partial charge in [-0.1, -0.05) is 41.0 Å². The Balaban J connectivity index is 4.81. The third kappa shape index (κ3) is 7.43. The molecule has 0 aliphatic heterocycles. The minimum atomic E-state index is -0.709. The van der Waals surface area contributed by atoms with Crippen molar-refractivity contribution >= 4 is 17.8 Å². The highest BCUT2D eigenvalue weighted by molar-refractivity contribution is 5.90. The van der Waals surface area contributed by atoms with E-state index in [0.29, 0.717) is 6.61 Å². The van der Waals surface area contributed by atoms with E-state index >= 15 is 0 Å². The molecule has 0 aliphatic rings. The highest BCUT2D eigenvalue weighted by Crippen LogP contribution is 2.08. The Labute approximate surface area is 133 Å². The summed E-state index contributed by atoms with van der Waals surface area (Å²) < 4.78 is 5.19. The van der Waals surface area contributed by atoms with Gasteiger partial charge in [0.05, 0.1) is 6.61 Å². The Bertz CT molecular complexity index is 380. The number of unbranched alkanes of at least 4 members (excludes halogenated alkanes) is 1. The summed E-state index contributed by atoms with van der Waals surface area (Å²) in [6.45, 7) is 11.1. The topological polar surface area (TPSA) is 84.5 Å². The summed E-state index contributed by atoms with van der Waals surface area (Å²) in [5.74, 6) is -1.24. The predicted octanol–water partition coefficient (Wildman–Crippen LogP) is 1.63. The monoisotopic (exact) mass is 314 g/mol. The third-order valence-electron chi connectivity index (χ3n) is 3.27. The number of nitrogens with one attached hydrogen (secondary N) is 2. The van der Waals surface area contributed by atoms with Crippen LogP contribution in [0.1, 0.15) is 54.4 Å². The fourth-order valence-electron chi connectivity index (χ4n) is 1.90. The van der Waals surface area contributed by atoms with E-state index in [0.717, 1.165) is 12.8 Å². The van der Waals surface area contributed by atoms with Gasteiger partial charge in [0, 0.05) is 6.92 Å². The second-order valence-electron chi connectivity index (χ2n) is 6.17. The molecule has 0 fully saturated rings. The van der Waals surface area contributed by atoms with Gasteiger partial charge in [0.2, 0.25) is 11.8 Å². The highest BCUT2D eigenvalue weighted by Gasteiger charge is 2.30. The number of ether oxygens (including phenoxy) is 1. The lowest BCUT2D eigenvalue weighted by atomic mass is 10.0. The van der Waals surface area contributed by atoms with Crippen molar-refractivity contribution in [2.24, 2.45) is 11.8 Å². The van der Waals surface area contributed by atoms with E-state index in [9.17, 15) is 14.4 Å². The van der Waals surface area contributed by atoms with Gasteiger partial charge in [-0.2, -0.15) is 0 Å². The molecule has 2 unspecified atom stereocenters. The van der Waals surface area contributed by atoms with Crippen molar-refractivity contribution in [1.29, 1.82) is 0 Å². The van der Waals surface area contributed by atoms with E-state index in [4.69, 9.17) is 4.74 Å².